The molecule has 1 amide bonds. The van der Waals surface area contributed by atoms with Crippen molar-refractivity contribution in [1.29, 1.82) is 0 Å². The molecule has 0 aliphatic carbocycles. The molecule has 1 atom stereocenters. The summed E-state index contributed by atoms with van der Waals surface area (Å²) in [6.07, 6.45) is -0.533. The van der Waals surface area contributed by atoms with Crippen LogP contribution in [0.5, 0.6) is 0 Å². The van der Waals surface area contributed by atoms with E-state index in [4.69, 9.17) is 5.11 Å². The lowest BCUT2D eigenvalue weighted by Crippen LogP contribution is -2.30. The van der Waals surface area contributed by atoms with Gasteiger partial charge in [-0.2, -0.15) is 0 Å². The summed E-state index contributed by atoms with van der Waals surface area (Å²) >= 11 is 0. The van der Waals surface area contributed by atoms with Crippen LogP contribution in [-0.2, 0) is 0 Å². The molecule has 0 saturated carbocycles. The van der Waals surface area contributed by atoms with Gasteiger partial charge < -0.3 is 10.4 Å². The molecule has 0 unspecified atom stereocenters. The molecular weight excluding hydrogens is 214 g/mol. The van der Waals surface area contributed by atoms with E-state index in [1.54, 1.807) is 13.0 Å². The molecule has 2 rings (SSSR count). The third-order valence-electron chi connectivity index (χ3n) is 2.59. The van der Waals surface area contributed by atoms with Gasteiger partial charge in [-0.25, -0.2) is 0 Å². The smallest absolute Gasteiger partial charge is 0.252 e. The summed E-state index contributed by atoms with van der Waals surface area (Å²) < 4.78 is 0. The van der Waals surface area contributed by atoms with Crippen molar-refractivity contribution in [3.63, 3.8) is 0 Å². The third-order valence-corrected chi connectivity index (χ3v) is 2.59. The molecular formula is C14H15NO2. The lowest BCUT2D eigenvalue weighted by Gasteiger charge is -2.09. The van der Waals surface area contributed by atoms with Gasteiger partial charge in [0.25, 0.3) is 5.91 Å². The van der Waals surface area contributed by atoms with Gasteiger partial charge in [-0.1, -0.05) is 36.4 Å². The molecule has 0 spiro atoms. The highest BCUT2D eigenvalue weighted by molar-refractivity contribution is 6.06. The predicted octanol–water partition coefficient (Wildman–Crippen LogP) is 1.95. The molecule has 2 aromatic carbocycles. The second-order valence-corrected chi connectivity index (χ2v) is 4.09. The van der Waals surface area contributed by atoms with Crippen LogP contribution in [0.1, 0.15) is 17.3 Å². The summed E-state index contributed by atoms with van der Waals surface area (Å²) in [4.78, 5) is 11.9. The van der Waals surface area contributed by atoms with E-state index in [2.05, 4.69) is 5.32 Å². The number of carbonyl (C=O) groups excluding carboxylic acids is 1. The van der Waals surface area contributed by atoms with E-state index >= 15 is 0 Å². The molecule has 88 valence electrons. The van der Waals surface area contributed by atoms with E-state index in [1.165, 1.54) is 0 Å². The SMILES string of the molecule is C[C@@H](O)CNC(=O)c1cccc2ccccc12. The Bertz CT molecular complexity index is 529. The summed E-state index contributed by atoms with van der Waals surface area (Å²) in [6.45, 7) is 1.91. The molecule has 0 aliphatic rings. The van der Waals surface area contributed by atoms with E-state index < -0.39 is 6.10 Å². The number of benzene rings is 2. The van der Waals surface area contributed by atoms with Crippen LogP contribution < -0.4 is 5.32 Å². The number of aliphatic hydroxyl groups excluding tert-OH is 1. The van der Waals surface area contributed by atoms with Gasteiger partial charge in [0.05, 0.1) is 6.10 Å². The molecule has 3 heteroatoms. The number of hydrogen-bond acceptors (Lipinski definition) is 2. The van der Waals surface area contributed by atoms with Gasteiger partial charge in [-0.15, -0.1) is 0 Å². The normalized spacial score (nSPS) is 12.4. The van der Waals surface area contributed by atoms with Crippen molar-refractivity contribution in [2.24, 2.45) is 0 Å². The zero-order valence-corrected chi connectivity index (χ0v) is 9.68. The van der Waals surface area contributed by atoms with Crippen LogP contribution in [0.2, 0.25) is 0 Å². The quantitative estimate of drug-likeness (QED) is 0.845. The van der Waals surface area contributed by atoms with Gasteiger partial charge in [0, 0.05) is 12.1 Å². The Balaban J connectivity index is 2.32. The van der Waals surface area contributed by atoms with Crippen LogP contribution in [0.15, 0.2) is 42.5 Å². The summed E-state index contributed by atoms with van der Waals surface area (Å²) in [5.74, 6) is -0.150. The Hall–Kier alpha value is -1.87. The highest BCUT2D eigenvalue weighted by atomic mass is 16.3. The molecule has 17 heavy (non-hydrogen) atoms. The average Bonchev–Trinajstić information content (AvgIpc) is 2.35. The van der Waals surface area contributed by atoms with Crippen molar-refractivity contribution in [1.82, 2.24) is 5.32 Å². The van der Waals surface area contributed by atoms with Crippen molar-refractivity contribution >= 4 is 16.7 Å². The average molecular weight is 229 g/mol. The standard InChI is InChI=1S/C14H15NO2/c1-10(16)9-15-14(17)13-8-4-6-11-5-2-3-7-12(11)13/h2-8,10,16H,9H2,1H3,(H,15,17)/t10-/m1/s1. The first-order chi connectivity index (χ1) is 8.18. The first-order valence-electron chi connectivity index (χ1n) is 5.62. The largest absolute Gasteiger partial charge is 0.392 e. The molecule has 3 nitrogen and oxygen atoms in total. The lowest BCUT2D eigenvalue weighted by atomic mass is 10.0. The van der Waals surface area contributed by atoms with E-state index in [-0.39, 0.29) is 12.5 Å². The maximum absolute atomic E-state index is 11.9. The van der Waals surface area contributed by atoms with Crippen LogP contribution in [-0.4, -0.2) is 23.7 Å². The summed E-state index contributed by atoms with van der Waals surface area (Å²) in [7, 11) is 0. The van der Waals surface area contributed by atoms with Gasteiger partial charge in [-0.3, -0.25) is 4.79 Å². The minimum atomic E-state index is -0.533. The molecule has 0 aromatic heterocycles. The van der Waals surface area contributed by atoms with Gasteiger partial charge in [-0.05, 0) is 23.8 Å². The van der Waals surface area contributed by atoms with Gasteiger partial charge in [0.2, 0.25) is 0 Å². The first-order valence-corrected chi connectivity index (χ1v) is 5.62. The summed E-state index contributed by atoms with van der Waals surface area (Å²) in [5, 5.41) is 13.8. The molecule has 0 bridgehead atoms. The molecule has 2 N–H and O–H groups in total. The van der Waals surface area contributed by atoms with Crippen molar-refractivity contribution in [3.8, 4) is 0 Å². The minimum absolute atomic E-state index is 0.150. The zero-order chi connectivity index (χ0) is 12.3. The number of carbonyl (C=O) groups is 1. The number of aliphatic hydroxyl groups is 1. The Morgan fingerprint density at radius 3 is 2.71 bits per heavy atom. The van der Waals surface area contributed by atoms with Crippen molar-refractivity contribution in [2.45, 2.75) is 13.0 Å². The highest BCUT2D eigenvalue weighted by Gasteiger charge is 2.09. The van der Waals surface area contributed by atoms with Crippen LogP contribution >= 0.6 is 0 Å². The Kier molecular flexibility index (Phi) is 3.40. The van der Waals surface area contributed by atoms with Gasteiger partial charge in [0.15, 0.2) is 0 Å². The molecule has 0 heterocycles. The molecule has 0 saturated heterocycles. The number of rotatable bonds is 3. The Morgan fingerprint density at radius 2 is 1.94 bits per heavy atom. The van der Waals surface area contributed by atoms with Crippen molar-refractivity contribution < 1.29 is 9.90 Å². The maximum atomic E-state index is 11.9. The zero-order valence-electron chi connectivity index (χ0n) is 9.68. The maximum Gasteiger partial charge on any atom is 0.252 e. The van der Waals surface area contributed by atoms with Crippen LogP contribution in [0, 0.1) is 0 Å². The third kappa shape index (κ3) is 2.63. The summed E-state index contributed by atoms with van der Waals surface area (Å²) in [6, 6.07) is 13.4. The van der Waals surface area contributed by atoms with E-state index in [0.717, 1.165) is 10.8 Å². The Morgan fingerprint density at radius 1 is 1.24 bits per heavy atom. The molecule has 0 aliphatic heterocycles. The second kappa shape index (κ2) is 4.97. The fraction of sp³-hybridized carbons (Fsp3) is 0.214. The van der Waals surface area contributed by atoms with Crippen molar-refractivity contribution in [3.05, 3.63) is 48.0 Å². The molecule has 0 radical (unpaired) electrons. The fourth-order valence-corrected chi connectivity index (χ4v) is 1.76. The molecule has 2 aromatic rings. The van der Waals surface area contributed by atoms with Crippen LogP contribution in [0.25, 0.3) is 10.8 Å². The first kappa shape index (κ1) is 11.6. The van der Waals surface area contributed by atoms with Crippen LogP contribution in [0.3, 0.4) is 0 Å². The molecule has 0 fully saturated rings. The van der Waals surface area contributed by atoms with E-state index in [1.807, 2.05) is 36.4 Å². The van der Waals surface area contributed by atoms with Crippen LogP contribution in [0.4, 0.5) is 0 Å². The fourth-order valence-electron chi connectivity index (χ4n) is 1.76. The second-order valence-electron chi connectivity index (χ2n) is 4.09. The predicted molar refractivity (Wildman–Crippen MR) is 68.0 cm³/mol. The highest BCUT2D eigenvalue weighted by Crippen LogP contribution is 2.18. The van der Waals surface area contributed by atoms with Crippen molar-refractivity contribution in [2.75, 3.05) is 6.54 Å². The lowest BCUT2D eigenvalue weighted by molar-refractivity contribution is 0.0925. The van der Waals surface area contributed by atoms with Gasteiger partial charge >= 0.3 is 0 Å². The summed E-state index contributed by atoms with van der Waals surface area (Å²) in [5.41, 5.74) is 0.642. The van der Waals surface area contributed by atoms with E-state index in [9.17, 15) is 4.79 Å². The number of nitrogens with one attached hydrogen (secondary N) is 1. The van der Waals surface area contributed by atoms with E-state index in [0.29, 0.717) is 5.56 Å². The number of hydrogen-bond donors (Lipinski definition) is 2. The monoisotopic (exact) mass is 229 g/mol. The minimum Gasteiger partial charge on any atom is -0.392 e. The topological polar surface area (TPSA) is 49.3 Å². The Labute approximate surface area is 100 Å². The number of fused-ring (bicyclic) bond motifs is 1. The van der Waals surface area contributed by atoms with Gasteiger partial charge in [0.1, 0.15) is 0 Å². The number of amides is 1.